The Kier molecular flexibility index (Phi) is 4.46. The van der Waals surface area contributed by atoms with Gasteiger partial charge in [-0.2, -0.15) is 9.64 Å². The highest BCUT2D eigenvalue weighted by Crippen LogP contribution is 2.30. The van der Waals surface area contributed by atoms with E-state index in [0.717, 1.165) is 23.6 Å². The van der Waals surface area contributed by atoms with Crippen molar-refractivity contribution >= 4 is 22.6 Å². The van der Waals surface area contributed by atoms with Crippen LogP contribution in [0, 0.1) is 11.3 Å². The molecule has 1 unspecified atom stereocenters. The third-order valence-corrected chi connectivity index (χ3v) is 3.31. The lowest BCUT2D eigenvalue weighted by Crippen LogP contribution is -2.27. The molecular formula is C11H16N4OS. The first-order chi connectivity index (χ1) is 8.01. The standard InChI is InChI=1S/C11H16N4OS/c1-5-7(2)9-8(6-12)10(17-14-9)13-11(16)15(3)4/h7H,5H2,1-4H3,(H,13,16). The molecule has 17 heavy (non-hydrogen) atoms. The molecule has 1 atom stereocenters. The highest BCUT2D eigenvalue weighted by atomic mass is 32.1. The minimum absolute atomic E-state index is 0.228. The van der Waals surface area contributed by atoms with E-state index in [2.05, 4.69) is 15.8 Å². The number of amides is 2. The van der Waals surface area contributed by atoms with Gasteiger partial charge in [0.15, 0.2) is 0 Å². The number of nitrogens with zero attached hydrogens (tertiary/aromatic N) is 3. The summed E-state index contributed by atoms with van der Waals surface area (Å²) in [4.78, 5) is 12.9. The molecule has 1 N–H and O–H groups in total. The van der Waals surface area contributed by atoms with Crippen molar-refractivity contribution in [2.45, 2.75) is 26.2 Å². The molecule has 5 nitrogen and oxygen atoms in total. The molecule has 1 aromatic heterocycles. The van der Waals surface area contributed by atoms with Gasteiger partial charge >= 0.3 is 6.03 Å². The number of hydrogen-bond acceptors (Lipinski definition) is 4. The predicted octanol–water partition coefficient (Wildman–Crippen LogP) is 2.62. The van der Waals surface area contributed by atoms with Gasteiger partial charge in [0, 0.05) is 20.0 Å². The Hall–Kier alpha value is -1.61. The molecule has 0 aliphatic heterocycles. The Morgan fingerprint density at radius 1 is 1.65 bits per heavy atom. The van der Waals surface area contributed by atoms with E-state index < -0.39 is 0 Å². The van der Waals surface area contributed by atoms with E-state index in [-0.39, 0.29) is 11.9 Å². The highest BCUT2D eigenvalue weighted by Gasteiger charge is 2.19. The molecule has 0 aliphatic carbocycles. The highest BCUT2D eigenvalue weighted by molar-refractivity contribution is 7.10. The van der Waals surface area contributed by atoms with Crippen molar-refractivity contribution in [2.75, 3.05) is 19.4 Å². The molecule has 0 saturated heterocycles. The van der Waals surface area contributed by atoms with Gasteiger partial charge < -0.3 is 4.90 Å². The number of nitriles is 1. The van der Waals surface area contributed by atoms with Crippen LogP contribution in [0.15, 0.2) is 0 Å². The molecule has 2 amide bonds. The summed E-state index contributed by atoms with van der Waals surface area (Å²) in [6.45, 7) is 4.07. The number of carbonyl (C=O) groups is 1. The van der Waals surface area contributed by atoms with Gasteiger partial charge in [0.1, 0.15) is 16.6 Å². The largest absolute Gasteiger partial charge is 0.331 e. The number of anilines is 1. The summed E-state index contributed by atoms with van der Waals surface area (Å²) in [5.74, 6) is 0.228. The van der Waals surface area contributed by atoms with E-state index in [1.165, 1.54) is 4.90 Å². The first kappa shape index (κ1) is 13.5. The Labute approximate surface area is 105 Å². The maximum Gasteiger partial charge on any atom is 0.322 e. The molecule has 92 valence electrons. The van der Waals surface area contributed by atoms with Crippen LogP contribution in [0.1, 0.15) is 37.4 Å². The summed E-state index contributed by atoms with van der Waals surface area (Å²) >= 11 is 1.16. The van der Waals surface area contributed by atoms with Gasteiger partial charge in [-0.3, -0.25) is 5.32 Å². The van der Waals surface area contributed by atoms with E-state index in [1.807, 2.05) is 13.8 Å². The smallest absolute Gasteiger partial charge is 0.322 e. The lowest BCUT2D eigenvalue weighted by molar-refractivity contribution is 0.231. The van der Waals surface area contributed by atoms with Crippen LogP contribution in [0.2, 0.25) is 0 Å². The fourth-order valence-corrected chi connectivity index (χ4v) is 2.07. The van der Waals surface area contributed by atoms with Crippen molar-refractivity contribution in [1.29, 1.82) is 5.26 Å². The first-order valence-corrected chi connectivity index (χ1v) is 6.16. The number of urea groups is 1. The molecule has 1 rings (SSSR count). The second-order valence-electron chi connectivity index (χ2n) is 4.02. The fourth-order valence-electron chi connectivity index (χ4n) is 1.23. The molecule has 0 fully saturated rings. The number of rotatable bonds is 3. The molecule has 6 heteroatoms. The van der Waals surface area contributed by atoms with Crippen molar-refractivity contribution in [3.63, 3.8) is 0 Å². The summed E-state index contributed by atoms with van der Waals surface area (Å²) in [7, 11) is 3.30. The summed E-state index contributed by atoms with van der Waals surface area (Å²) < 4.78 is 4.26. The van der Waals surface area contributed by atoms with Gasteiger partial charge in [0.25, 0.3) is 0 Å². The average molecular weight is 252 g/mol. The summed E-state index contributed by atoms with van der Waals surface area (Å²) in [5.41, 5.74) is 1.26. The van der Waals surface area contributed by atoms with Crippen LogP contribution in [-0.2, 0) is 0 Å². The fraction of sp³-hybridized carbons (Fsp3) is 0.545. The molecule has 0 radical (unpaired) electrons. The van der Waals surface area contributed by atoms with Gasteiger partial charge in [-0.1, -0.05) is 13.8 Å². The second kappa shape index (κ2) is 5.64. The SMILES string of the molecule is CCC(C)c1nsc(NC(=O)N(C)C)c1C#N. The van der Waals surface area contributed by atoms with E-state index >= 15 is 0 Å². The third-order valence-electron chi connectivity index (χ3n) is 2.54. The zero-order valence-corrected chi connectivity index (χ0v) is 11.3. The molecular weight excluding hydrogens is 236 g/mol. The van der Waals surface area contributed by atoms with E-state index in [0.29, 0.717) is 10.6 Å². The Morgan fingerprint density at radius 3 is 2.76 bits per heavy atom. The molecule has 0 aromatic carbocycles. The quantitative estimate of drug-likeness (QED) is 0.899. The van der Waals surface area contributed by atoms with Crippen LogP contribution >= 0.6 is 11.5 Å². The molecule has 1 heterocycles. The summed E-state index contributed by atoms with van der Waals surface area (Å²) in [5, 5.41) is 12.3. The van der Waals surface area contributed by atoms with Crippen LogP contribution in [-0.4, -0.2) is 29.4 Å². The van der Waals surface area contributed by atoms with E-state index in [9.17, 15) is 4.79 Å². The van der Waals surface area contributed by atoms with Crippen LogP contribution in [0.25, 0.3) is 0 Å². The zero-order valence-electron chi connectivity index (χ0n) is 10.4. The van der Waals surface area contributed by atoms with Crippen LogP contribution in [0.4, 0.5) is 9.80 Å². The first-order valence-electron chi connectivity index (χ1n) is 5.39. The van der Waals surface area contributed by atoms with Crippen LogP contribution in [0.5, 0.6) is 0 Å². The summed E-state index contributed by atoms with van der Waals surface area (Å²) in [6.07, 6.45) is 0.916. The van der Waals surface area contributed by atoms with Crippen molar-refractivity contribution in [3.05, 3.63) is 11.3 Å². The van der Waals surface area contributed by atoms with Gasteiger partial charge in [0.2, 0.25) is 0 Å². The normalized spacial score (nSPS) is 11.7. The Bertz CT molecular complexity index is 447. The maximum absolute atomic E-state index is 11.5. The third kappa shape index (κ3) is 2.94. The minimum atomic E-state index is -0.249. The minimum Gasteiger partial charge on any atom is -0.331 e. The van der Waals surface area contributed by atoms with Gasteiger partial charge in [-0.15, -0.1) is 0 Å². The second-order valence-corrected chi connectivity index (χ2v) is 4.79. The monoisotopic (exact) mass is 252 g/mol. The average Bonchev–Trinajstić information content (AvgIpc) is 2.70. The lowest BCUT2D eigenvalue weighted by atomic mass is 10.0. The molecule has 0 spiro atoms. The van der Waals surface area contributed by atoms with E-state index in [4.69, 9.17) is 5.26 Å². The Morgan fingerprint density at radius 2 is 2.29 bits per heavy atom. The number of carbonyl (C=O) groups excluding carboxylic acids is 1. The van der Waals surface area contributed by atoms with Crippen LogP contribution < -0.4 is 5.32 Å². The molecule has 0 bridgehead atoms. The van der Waals surface area contributed by atoms with Gasteiger partial charge in [-0.25, -0.2) is 4.79 Å². The molecule has 0 aliphatic rings. The van der Waals surface area contributed by atoms with Crippen molar-refractivity contribution in [1.82, 2.24) is 9.27 Å². The van der Waals surface area contributed by atoms with Crippen LogP contribution in [0.3, 0.4) is 0 Å². The van der Waals surface area contributed by atoms with E-state index in [1.54, 1.807) is 14.1 Å². The van der Waals surface area contributed by atoms with Crippen molar-refractivity contribution in [3.8, 4) is 6.07 Å². The molecule has 1 aromatic rings. The summed E-state index contributed by atoms with van der Waals surface area (Å²) in [6, 6.07) is 1.87. The van der Waals surface area contributed by atoms with Crippen molar-refractivity contribution in [2.24, 2.45) is 0 Å². The number of aromatic nitrogens is 1. The lowest BCUT2D eigenvalue weighted by Gasteiger charge is -2.10. The van der Waals surface area contributed by atoms with Gasteiger partial charge in [-0.05, 0) is 18.0 Å². The van der Waals surface area contributed by atoms with Crippen molar-refractivity contribution < 1.29 is 4.79 Å². The van der Waals surface area contributed by atoms with Gasteiger partial charge in [0.05, 0.1) is 5.69 Å². The number of hydrogen-bond donors (Lipinski definition) is 1. The topological polar surface area (TPSA) is 69.0 Å². The maximum atomic E-state index is 11.5. The zero-order chi connectivity index (χ0) is 13.0. The molecule has 0 saturated carbocycles. The Balaban J connectivity index is 3.00. The predicted molar refractivity (Wildman–Crippen MR) is 68.2 cm³/mol. The number of nitrogens with one attached hydrogen (secondary N) is 1.